The number of ether oxygens (including phenoxy) is 2. The van der Waals surface area contributed by atoms with Crippen LogP contribution in [0.1, 0.15) is 22.8 Å². The number of rotatable bonds is 6. The molecule has 0 aliphatic carbocycles. The molecule has 1 N–H and O–H groups in total. The smallest absolute Gasteiger partial charge is 0.124 e. The molecule has 4 heteroatoms. The van der Waals surface area contributed by atoms with Crippen LogP contribution in [-0.2, 0) is 17.7 Å². The first kappa shape index (κ1) is 17.7. The van der Waals surface area contributed by atoms with Crippen LogP contribution < -0.4 is 10.1 Å². The molecule has 27 heavy (non-hydrogen) atoms. The SMILES string of the molecule is COc1cccc2c1C(CNCc1cccc(-c3ccccn3)c1)OCC2. The van der Waals surface area contributed by atoms with Crippen molar-refractivity contribution in [3.8, 4) is 17.0 Å². The number of hydrogen-bond acceptors (Lipinski definition) is 4. The normalized spacial score (nSPS) is 16.0. The van der Waals surface area contributed by atoms with Crippen molar-refractivity contribution < 1.29 is 9.47 Å². The van der Waals surface area contributed by atoms with Crippen LogP contribution in [0, 0.1) is 0 Å². The van der Waals surface area contributed by atoms with Crippen molar-refractivity contribution >= 4 is 0 Å². The van der Waals surface area contributed by atoms with E-state index in [1.807, 2.05) is 30.5 Å². The van der Waals surface area contributed by atoms with Crippen molar-refractivity contribution in [2.45, 2.75) is 19.1 Å². The van der Waals surface area contributed by atoms with Gasteiger partial charge in [0.25, 0.3) is 0 Å². The number of fused-ring (bicyclic) bond motifs is 1. The van der Waals surface area contributed by atoms with E-state index < -0.39 is 0 Å². The Morgan fingerprint density at radius 2 is 2.04 bits per heavy atom. The van der Waals surface area contributed by atoms with Gasteiger partial charge in [-0.25, -0.2) is 0 Å². The standard InChI is InChI=1S/C23H24N2O2/c1-26-21-10-5-7-18-11-13-27-22(23(18)21)16-24-15-17-6-4-8-19(14-17)20-9-2-3-12-25-20/h2-10,12,14,22,24H,11,13,15-16H2,1H3. The molecular formula is C23H24N2O2. The number of methoxy groups -OCH3 is 1. The van der Waals surface area contributed by atoms with Crippen LogP contribution >= 0.6 is 0 Å². The Hall–Kier alpha value is -2.69. The summed E-state index contributed by atoms with van der Waals surface area (Å²) >= 11 is 0. The second-order valence-corrected chi connectivity index (χ2v) is 6.69. The molecule has 0 spiro atoms. The summed E-state index contributed by atoms with van der Waals surface area (Å²) < 4.78 is 11.6. The van der Waals surface area contributed by atoms with Gasteiger partial charge >= 0.3 is 0 Å². The molecule has 4 rings (SSSR count). The van der Waals surface area contributed by atoms with Gasteiger partial charge in [0.2, 0.25) is 0 Å². The molecule has 1 atom stereocenters. The van der Waals surface area contributed by atoms with E-state index in [1.165, 1.54) is 16.7 Å². The van der Waals surface area contributed by atoms with Crippen molar-refractivity contribution in [1.82, 2.24) is 10.3 Å². The summed E-state index contributed by atoms with van der Waals surface area (Å²) in [6, 6.07) is 20.7. The van der Waals surface area contributed by atoms with Crippen LogP contribution in [0.3, 0.4) is 0 Å². The van der Waals surface area contributed by atoms with Gasteiger partial charge in [-0.1, -0.05) is 36.4 Å². The number of pyridine rings is 1. The summed E-state index contributed by atoms with van der Waals surface area (Å²) in [7, 11) is 1.72. The van der Waals surface area contributed by atoms with E-state index in [2.05, 4.69) is 46.7 Å². The number of nitrogens with one attached hydrogen (secondary N) is 1. The van der Waals surface area contributed by atoms with E-state index in [9.17, 15) is 0 Å². The third-order valence-corrected chi connectivity index (χ3v) is 4.94. The molecule has 0 fully saturated rings. The zero-order valence-corrected chi connectivity index (χ0v) is 15.5. The summed E-state index contributed by atoms with van der Waals surface area (Å²) in [5, 5.41) is 3.54. The summed E-state index contributed by atoms with van der Waals surface area (Å²) in [4.78, 5) is 4.43. The lowest BCUT2D eigenvalue weighted by Crippen LogP contribution is -2.27. The maximum atomic E-state index is 6.03. The van der Waals surface area contributed by atoms with Crippen LogP contribution in [0.2, 0.25) is 0 Å². The molecular weight excluding hydrogens is 336 g/mol. The Morgan fingerprint density at radius 1 is 1.11 bits per heavy atom. The second-order valence-electron chi connectivity index (χ2n) is 6.69. The summed E-state index contributed by atoms with van der Waals surface area (Å²) in [6.07, 6.45) is 2.78. The van der Waals surface area contributed by atoms with Gasteiger partial charge < -0.3 is 14.8 Å². The third kappa shape index (κ3) is 4.02. The molecule has 0 bridgehead atoms. The minimum atomic E-state index is 0.0175. The predicted molar refractivity (Wildman–Crippen MR) is 107 cm³/mol. The Kier molecular flexibility index (Phi) is 5.47. The molecule has 1 aromatic heterocycles. The molecule has 4 nitrogen and oxygen atoms in total. The van der Waals surface area contributed by atoms with Crippen molar-refractivity contribution in [3.05, 3.63) is 83.6 Å². The van der Waals surface area contributed by atoms with Gasteiger partial charge in [0.05, 0.1) is 25.5 Å². The molecule has 2 heterocycles. The van der Waals surface area contributed by atoms with Gasteiger partial charge in [0.1, 0.15) is 5.75 Å². The Balaban J connectivity index is 1.43. The average molecular weight is 360 g/mol. The van der Waals surface area contributed by atoms with Crippen molar-refractivity contribution in [3.63, 3.8) is 0 Å². The van der Waals surface area contributed by atoms with E-state index in [1.54, 1.807) is 7.11 Å². The van der Waals surface area contributed by atoms with Crippen LogP contribution in [0.5, 0.6) is 5.75 Å². The molecule has 1 aliphatic heterocycles. The van der Waals surface area contributed by atoms with E-state index in [-0.39, 0.29) is 6.10 Å². The minimum Gasteiger partial charge on any atom is -0.496 e. The van der Waals surface area contributed by atoms with Crippen LogP contribution in [0.4, 0.5) is 0 Å². The van der Waals surface area contributed by atoms with Gasteiger partial charge in [-0.3, -0.25) is 4.98 Å². The largest absolute Gasteiger partial charge is 0.496 e. The van der Waals surface area contributed by atoms with Crippen LogP contribution in [0.15, 0.2) is 66.9 Å². The van der Waals surface area contributed by atoms with Gasteiger partial charge in [0.15, 0.2) is 0 Å². The van der Waals surface area contributed by atoms with E-state index >= 15 is 0 Å². The highest BCUT2D eigenvalue weighted by atomic mass is 16.5. The van der Waals surface area contributed by atoms with Crippen molar-refractivity contribution in [2.75, 3.05) is 20.3 Å². The summed E-state index contributed by atoms with van der Waals surface area (Å²) in [5.41, 5.74) is 5.87. The first-order valence-corrected chi connectivity index (χ1v) is 9.33. The molecule has 138 valence electrons. The van der Waals surface area contributed by atoms with Gasteiger partial charge in [-0.2, -0.15) is 0 Å². The quantitative estimate of drug-likeness (QED) is 0.717. The summed E-state index contributed by atoms with van der Waals surface area (Å²) in [5.74, 6) is 0.913. The summed E-state index contributed by atoms with van der Waals surface area (Å²) in [6.45, 7) is 2.29. The second kappa shape index (κ2) is 8.33. The van der Waals surface area contributed by atoms with Gasteiger partial charge in [0, 0.05) is 30.4 Å². The maximum Gasteiger partial charge on any atom is 0.124 e. The van der Waals surface area contributed by atoms with Crippen molar-refractivity contribution in [1.29, 1.82) is 0 Å². The molecule has 1 unspecified atom stereocenters. The molecule has 0 amide bonds. The third-order valence-electron chi connectivity index (χ3n) is 4.94. The fourth-order valence-electron chi connectivity index (χ4n) is 3.63. The van der Waals surface area contributed by atoms with E-state index in [4.69, 9.17) is 9.47 Å². The number of hydrogen-bond donors (Lipinski definition) is 1. The molecule has 3 aromatic rings. The first-order chi connectivity index (χ1) is 13.3. The maximum absolute atomic E-state index is 6.03. The predicted octanol–water partition coefficient (Wildman–Crippen LogP) is 4.16. The highest BCUT2D eigenvalue weighted by Gasteiger charge is 2.24. The van der Waals surface area contributed by atoms with Crippen molar-refractivity contribution in [2.24, 2.45) is 0 Å². The Morgan fingerprint density at radius 3 is 2.89 bits per heavy atom. The zero-order valence-electron chi connectivity index (χ0n) is 15.5. The number of aromatic nitrogens is 1. The Bertz CT molecular complexity index is 882. The molecule has 0 saturated carbocycles. The fourth-order valence-corrected chi connectivity index (χ4v) is 3.63. The lowest BCUT2D eigenvalue weighted by Gasteiger charge is -2.28. The molecule has 2 aromatic carbocycles. The number of benzene rings is 2. The van der Waals surface area contributed by atoms with Crippen LogP contribution in [-0.4, -0.2) is 25.2 Å². The topological polar surface area (TPSA) is 43.4 Å². The molecule has 0 radical (unpaired) electrons. The lowest BCUT2D eigenvalue weighted by molar-refractivity contribution is 0.0404. The molecule has 0 saturated heterocycles. The average Bonchev–Trinajstić information content (AvgIpc) is 2.74. The Labute approximate surface area is 160 Å². The fraction of sp³-hybridized carbons (Fsp3) is 0.261. The van der Waals surface area contributed by atoms with Crippen LogP contribution in [0.25, 0.3) is 11.3 Å². The van der Waals surface area contributed by atoms with Gasteiger partial charge in [-0.05, 0) is 41.8 Å². The first-order valence-electron chi connectivity index (χ1n) is 9.33. The minimum absolute atomic E-state index is 0.0175. The van der Waals surface area contributed by atoms with E-state index in [0.717, 1.165) is 43.1 Å². The van der Waals surface area contributed by atoms with E-state index in [0.29, 0.717) is 0 Å². The molecule has 1 aliphatic rings. The number of nitrogens with zero attached hydrogens (tertiary/aromatic N) is 1. The highest BCUT2D eigenvalue weighted by molar-refractivity contribution is 5.59. The van der Waals surface area contributed by atoms with Gasteiger partial charge in [-0.15, -0.1) is 0 Å². The monoisotopic (exact) mass is 360 g/mol. The zero-order chi connectivity index (χ0) is 18.5. The lowest BCUT2D eigenvalue weighted by atomic mass is 9.96. The highest BCUT2D eigenvalue weighted by Crippen LogP contribution is 2.34.